The molecule has 0 bridgehead atoms. The fourth-order valence-electron chi connectivity index (χ4n) is 6.12. The smallest absolute Gasteiger partial charge is 0.336 e. The summed E-state index contributed by atoms with van der Waals surface area (Å²) in [6.45, 7) is 1.12. The van der Waals surface area contributed by atoms with E-state index in [4.69, 9.17) is 0 Å². The van der Waals surface area contributed by atoms with Crippen molar-refractivity contribution in [3.63, 3.8) is 0 Å². The van der Waals surface area contributed by atoms with Crippen molar-refractivity contribution in [2.24, 2.45) is 23.7 Å². The zero-order valence-corrected chi connectivity index (χ0v) is 17.4. The van der Waals surface area contributed by atoms with E-state index < -0.39 is 5.97 Å². The number of nitrogens with zero attached hydrogens (tertiary/aromatic N) is 1. The minimum Gasteiger partial charge on any atom is -0.478 e. The molecule has 30 heavy (non-hydrogen) atoms. The molecule has 1 saturated heterocycles. The average molecular weight is 416 g/mol. The summed E-state index contributed by atoms with van der Waals surface area (Å²) in [6, 6.07) is 6.36. The molecule has 1 amide bonds. The second-order valence-electron chi connectivity index (χ2n) is 9.49. The number of carboxylic acid groups (broad SMARTS) is 1. The van der Waals surface area contributed by atoms with E-state index in [-0.39, 0.29) is 47.0 Å². The van der Waals surface area contributed by atoms with Crippen LogP contribution in [-0.4, -0.2) is 57.4 Å². The molecule has 0 spiro atoms. The third-order valence-corrected chi connectivity index (χ3v) is 7.74. The molecule has 3 aliphatic rings. The van der Waals surface area contributed by atoms with Gasteiger partial charge >= 0.3 is 5.97 Å². The van der Waals surface area contributed by atoms with Crippen molar-refractivity contribution in [1.29, 1.82) is 0 Å². The van der Waals surface area contributed by atoms with Gasteiger partial charge in [0.25, 0.3) is 5.91 Å². The van der Waals surface area contributed by atoms with Crippen LogP contribution in [-0.2, 0) is 0 Å². The van der Waals surface area contributed by atoms with Crippen molar-refractivity contribution >= 4 is 11.9 Å². The van der Waals surface area contributed by atoms with Crippen LogP contribution in [0.4, 0.5) is 0 Å². The quantitative estimate of drug-likeness (QED) is 0.663. The fourth-order valence-corrected chi connectivity index (χ4v) is 6.12. The van der Waals surface area contributed by atoms with E-state index in [1.54, 1.807) is 23.1 Å². The molecule has 2 saturated carbocycles. The number of carboxylic acids is 1. The molecule has 1 aliphatic heterocycles. The van der Waals surface area contributed by atoms with Crippen molar-refractivity contribution in [2.45, 2.75) is 63.6 Å². The first-order valence-corrected chi connectivity index (χ1v) is 11.4. The molecule has 164 valence electrons. The van der Waals surface area contributed by atoms with Gasteiger partial charge in [-0.25, -0.2) is 4.79 Å². The second kappa shape index (κ2) is 9.06. The Morgan fingerprint density at radius 2 is 1.77 bits per heavy atom. The van der Waals surface area contributed by atoms with Gasteiger partial charge in [0.05, 0.1) is 23.3 Å². The summed E-state index contributed by atoms with van der Waals surface area (Å²) in [4.78, 5) is 26.3. The van der Waals surface area contributed by atoms with Gasteiger partial charge in [-0.15, -0.1) is 0 Å². The van der Waals surface area contributed by atoms with Gasteiger partial charge in [-0.1, -0.05) is 31.4 Å². The highest BCUT2D eigenvalue weighted by atomic mass is 16.4. The second-order valence-corrected chi connectivity index (χ2v) is 9.49. The number of likely N-dealkylation sites (tertiary alicyclic amines) is 1. The summed E-state index contributed by atoms with van der Waals surface area (Å²) < 4.78 is 0. The normalized spacial score (nSPS) is 30.3. The van der Waals surface area contributed by atoms with E-state index in [0.29, 0.717) is 31.8 Å². The Morgan fingerprint density at radius 1 is 1.07 bits per heavy atom. The van der Waals surface area contributed by atoms with Gasteiger partial charge in [-0.05, 0) is 67.9 Å². The number of hydrogen-bond acceptors (Lipinski definition) is 4. The first-order valence-electron chi connectivity index (χ1n) is 11.4. The highest BCUT2D eigenvalue weighted by molar-refractivity contribution is 6.04. The van der Waals surface area contributed by atoms with E-state index >= 15 is 0 Å². The molecule has 3 N–H and O–H groups in total. The number of hydrogen-bond donors (Lipinski definition) is 3. The molecule has 0 radical (unpaired) electrons. The average Bonchev–Trinajstić information content (AvgIpc) is 3.29. The maximum Gasteiger partial charge on any atom is 0.336 e. The number of rotatable bonds is 6. The highest BCUT2D eigenvalue weighted by Gasteiger charge is 2.48. The Bertz CT molecular complexity index is 775. The van der Waals surface area contributed by atoms with Crippen molar-refractivity contribution < 1.29 is 24.9 Å². The molecule has 5 atom stereocenters. The van der Waals surface area contributed by atoms with Crippen LogP contribution in [0.3, 0.4) is 0 Å². The van der Waals surface area contributed by atoms with E-state index in [1.165, 1.54) is 25.3 Å². The monoisotopic (exact) mass is 415 g/mol. The molecule has 6 nitrogen and oxygen atoms in total. The Kier molecular flexibility index (Phi) is 6.44. The lowest BCUT2D eigenvalue weighted by molar-refractivity contribution is 0.0499. The van der Waals surface area contributed by atoms with Gasteiger partial charge in [-0.2, -0.15) is 0 Å². The minimum atomic E-state index is -1.09. The Balaban J connectivity index is 1.38. The largest absolute Gasteiger partial charge is 0.478 e. The van der Waals surface area contributed by atoms with E-state index in [0.717, 1.165) is 19.3 Å². The molecule has 1 unspecified atom stereocenters. The van der Waals surface area contributed by atoms with Crippen LogP contribution in [0.5, 0.6) is 0 Å². The minimum absolute atomic E-state index is 0.0340. The summed E-state index contributed by atoms with van der Waals surface area (Å²) in [5, 5.41) is 30.6. The molecule has 1 aromatic carbocycles. The van der Waals surface area contributed by atoms with Gasteiger partial charge in [0.2, 0.25) is 0 Å². The molecule has 1 heterocycles. The molecule has 6 heteroatoms. The molecule has 2 aliphatic carbocycles. The van der Waals surface area contributed by atoms with Gasteiger partial charge in [0.15, 0.2) is 0 Å². The van der Waals surface area contributed by atoms with Crippen LogP contribution in [0.25, 0.3) is 0 Å². The van der Waals surface area contributed by atoms with Gasteiger partial charge in [0.1, 0.15) is 0 Å². The number of fused-ring (bicyclic) bond motifs is 1. The van der Waals surface area contributed by atoms with Crippen molar-refractivity contribution in [1.82, 2.24) is 4.90 Å². The van der Waals surface area contributed by atoms with Gasteiger partial charge in [0, 0.05) is 13.1 Å². The Hall–Kier alpha value is -1.92. The van der Waals surface area contributed by atoms with Gasteiger partial charge < -0.3 is 20.2 Å². The van der Waals surface area contributed by atoms with Crippen molar-refractivity contribution in [3.8, 4) is 0 Å². The number of aliphatic hydroxyl groups is 2. The summed E-state index contributed by atoms with van der Waals surface area (Å²) >= 11 is 0. The van der Waals surface area contributed by atoms with Crippen LogP contribution >= 0.6 is 0 Å². The Labute approximate surface area is 177 Å². The van der Waals surface area contributed by atoms with Crippen molar-refractivity contribution in [2.75, 3.05) is 13.1 Å². The van der Waals surface area contributed by atoms with Crippen LogP contribution < -0.4 is 0 Å². The Morgan fingerprint density at radius 3 is 2.47 bits per heavy atom. The third kappa shape index (κ3) is 4.26. The predicted octanol–water partition coefficient (Wildman–Crippen LogP) is 3.18. The zero-order chi connectivity index (χ0) is 21.3. The van der Waals surface area contributed by atoms with Crippen LogP contribution in [0.15, 0.2) is 24.3 Å². The summed E-state index contributed by atoms with van der Waals surface area (Å²) in [7, 11) is 0. The number of amides is 1. The first kappa shape index (κ1) is 21.3. The lowest BCUT2D eigenvalue weighted by Crippen LogP contribution is -2.33. The number of carbonyl (C=O) groups is 2. The topological polar surface area (TPSA) is 98.1 Å². The van der Waals surface area contributed by atoms with E-state index in [1.807, 2.05) is 0 Å². The van der Waals surface area contributed by atoms with Gasteiger partial charge in [-0.3, -0.25) is 4.79 Å². The third-order valence-electron chi connectivity index (χ3n) is 7.74. The maximum absolute atomic E-state index is 13.0. The number of aliphatic hydroxyl groups excluding tert-OH is 2. The number of aromatic carboxylic acids is 1. The van der Waals surface area contributed by atoms with E-state index in [9.17, 15) is 24.9 Å². The lowest BCUT2D eigenvalue weighted by atomic mass is 9.81. The zero-order valence-electron chi connectivity index (χ0n) is 17.4. The standard InChI is InChI=1S/C24H33NO5/c26-21(15-6-2-1-3-7-15)11-10-17-20-14-25(13-16(20)12-22(17)27)23(28)18-8-4-5-9-19(18)24(29)30/h4-5,8-9,15-17,20-22,26-27H,1-3,6-7,10-14H2,(H,29,30)/t16-,17-,20+,21?,22-/m1/s1. The summed E-state index contributed by atoms with van der Waals surface area (Å²) in [5.74, 6) is -0.374. The summed E-state index contributed by atoms with van der Waals surface area (Å²) in [5.41, 5.74) is 0.265. The van der Waals surface area contributed by atoms with Crippen LogP contribution in [0.2, 0.25) is 0 Å². The molecule has 1 aromatic rings. The SMILES string of the molecule is O=C(O)c1ccccc1C(=O)N1C[C@H]2C[C@@H](O)[C@H](CCC(O)C3CCCCC3)[C@H]2C1. The molecule has 0 aromatic heterocycles. The molecular formula is C24H33NO5. The molecular weight excluding hydrogens is 382 g/mol. The maximum atomic E-state index is 13.0. The van der Waals surface area contributed by atoms with Crippen LogP contribution in [0.1, 0.15) is 72.1 Å². The predicted molar refractivity (Wildman–Crippen MR) is 112 cm³/mol. The number of benzene rings is 1. The first-order chi connectivity index (χ1) is 14.5. The van der Waals surface area contributed by atoms with Crippen molar-refractivity contribution in [3.05, 3.63) is 35.4 Å². The molecule has 3 fully saturated rings. The number of carbonyl (C=O) groups excluding carboxylic acids is 1. The lowest BCUT2D eigenvalue weighted by Gasteiger charge is -2.29. The van der Waals surface area contributed by atoms with E-state index in [2.05, 4.69) is 0 Å². The van der Waals surface area contributed by atoms with Crippen LogP contribution in [0, 0.1) is 23.7 Å². The summed E-state index contributed by atoms with van der Waals surface area (Å²) in [6.07, 6.45) is 7.39. The molecule has 4 rings (SSSR count). The highest BCUT2D eigenvalue weighted by Crippen LogP contribution is 2.45. The fraction of sp³-hybridized carbons (Fsp3) is 0.667.